The number of carbonyl (C=O) groups excluding carboxylic acids is 2. The van der Waals surface area contributed by atoms with Gasteiger partial charge < -0.3 is 15.3 Å². The molecule has 7 heteroatoms. The fraction of sp³-hybridized carbons (Fsp3) is 0.182. The maximum atomic E-state index is 13.9. The molecule has 0 aliphatic carbocycles. The highest BCUT2D eigenvalue weighted by molar-refractivity contribution is 6.06. The number of hydrogen-bond donors (Lipinski definition) is 2. The van der Waals surface area contributed by atoms with E-state index in [0.717, 1.165) is 16.7 Å². The first-order chi connectivity index (χ1) is 19.3. The summed E-state index contributed by atoms with van der Waals surface area (Å²) >= 11 is 0. The van der Waals surface area contributed by atoms with E-state index in [1.165, 1.54) is 12.1 Å². The van der Waals surface area contributed by atoms with Crippen LogP contribution in [0, 0.1) is 12.7 Å². The van der Waals surface area contributed by atoms with Crippen molar-refractivity contribution >= 4 is 17.8 Å². The quantitative estimate of drug-likeness (QED) is 0.249. The number of amides is 2. The van der Waals surface area contributed by atoms with Crippen LogP contribution in [0.2, 0.25) is 0 Å². The highest BCUT2D eigenvalue weighted by atomic mass is 19.1. The molecule has 4 rings (SSSR count). The molecular formula is C33H31FN2O4. The van der Waals surface area contributed by atoms with Crippen molar-refractivity contribution in [2.75, 3.05) is 13.1 Å². The van der Waals surface area contributed by atoms with Crippen molar-refractivity contribution in [3.8, 4) is 11.1 Å². The van der Waals surface area contributed by atoms with Crippen molar-refractivity contribution in [1.29, 1.82) is 0 Å². The van der Waals surface area contributed by atoms with Crippen molar-refractivity contribution in [3.63, 3.8) is 0 Å². The smallest absolute Gasteiger partial charge is 0.305 e. The van der Waals surface area contributed by atoms with Gasteiger partial charge >= 0.3 is 5.97 Å². The first kappa shape index (κ1) is 28.2. The minimum absolute atomic E-state index is 0.0637. The zero-order chi connectivity index (χ0) is 28.5. The lowest BCUT2D eigenvalue weighted by atomic mass is 9.94. The average molecular weight is 539 g/mol. The molecule has 4 aromatic rings. The molecule has 6 nitrogen and oxygen atoms in total. The number of hydrogen-bond acceptors (Lipinski definition) is 3. The molecule has 4 aromatic carbocycles. The molecule has 204 valence electrons. The second-order valence-electron chi connectivity index (χ2n) is 9.51. The van der Waals surface area contributed by atoms with Crippen LogP contribution in [0.5, 0.6) is 0 Å². The summed E-state index contributed by atoms with van der Waals surface area (Å²) in [6.07, 6.45) is 0.409. The molecule has 0 bridgehead atoms. The Balaban J connectivity index is 1.61. The molecule has 0 fully saturated rings. The lowest BCUT2D eigenvalue weighted by Gasteiger charge is -2.24. The molecule has 0 aliphatic heterocycles. The SMILES string of the molecule is Cc1ccccc1CCN(CCC(=O)O)C(=O)c1ccccc1-c1ccccc1C(=O)NCc1ccc(F)cc1. The summed E-state index contributed by atoms with van der Waals surface area (Å²) in [5.74, 6) is -1.96. The van der Waals surface area contributed by atoms with Crippen LogP contribution in [0.25, 0.3) is 11.1 Å². The van der Waals surface area contributed by atoms with Gasteiger partial charge in [-0.15, -0.1) is 0 Å². The Hall–Kier alpha value is -4.78. The number of aliphatic carboxylic acids is 1. The third-order valence-electron chi connectivity index (χ3n) is 6.78. The number of nitrogens with one attached hydrogen (secondary N) is 1. The molecule has 0 saturated carbocycles. The van der Waals surface area contributed by atoms with E-state index in [2.05, 4.69) is 5.32 Å². The van der Waals surface area contributed by atoms with Gasteiger partial charge in [-0.1, -0.05) is 72.8 Å². The number of nitrogens with zero attached hydrogens (tertiary/aromatic N) is 1. The zero-order valence-electron chi connectivity index (χ0n) is 22.3. The predicted octanol–water partition coefficient (Wildman–Crippen LogP) is 5.89. The third kappa shape index (κ3) is 7.20. The highest BCUT2D eigenvalue weighted by Gasteiger charge is 2.22. The van der Waals surface area contributed by atoms with Gasteiger partial charge in [0.2, 0.25) is 0 Å². The summed E-state index contributed by atoms with van der Waals surface area (Å²) in [5, 5.41) is 12.2. The lowest BCUT2D eigenvalue weighted by Crippen LogP contribution is -2.35. The molecule has 0 saturated heterocycles. The number of halogens is 1. The second-order valence-corrected chi connectivity index (χ2v) is 9.51. The Morgan fingerprint density at radius 1 is 0.775 bits per heavy atom. The van der Waals surface area contributed by atoms with Gasteiger partial charge in [0, 0.05) is 30.8 Å². The Morgan fingerprint density at radius 3 is 2.05 bits per heavy atom. The van der Waals surface area contributed by atoms with E-state index in [1.54, 1.807) is 65.6 Å². The summed E-state index contributed by atoms with van der Waals surface area (Å²) in [4.78, 5) is 40.0. The number of rotatable bonds is 11. The summed E-state index contributed by atoms with van der Waals surface area (Å²) in [6, 6.07) is 27.9. The Bertz CT molecular complexity index is 1500. The lowest BCUT2D eigenvalue weighted by molar-refractivity contribution is -0.137. The van der Waals surface area contributed by atoms with E-state index in [9.17, 15) is 23.9 Å². The molecule has 0 aliphatic rings. The van der Waals surface area contributed by atoms with Gasteiger partial charge in [0.1, 0.15) is 5.82 Å². The number of carbonyl (C=O) groups is 3. The van der Waals surface area contributed by atoms with Gasteiger partial charge in [-0.05, 0) is 65.4 Å². The molecule has 0 unspecified atom stereocenters. The van der Waals surface area contributed by atoms with Gasteiger partial charge in [-0.3, -0.25) is 14.4 Å². The molecule has 0 heterocycles. The Morgan fingerprint density at radius 2 is 1.38 bits per heavy atom. The van der Waals surface area contributed by atoms with Crippen LogP contribution >= 0.6 is 0 Å². The Kier molecular flexibility index (Phi) is 9.41. The van der Waals surface area contributed by atoms with E-state index in [0.29, 0.717) is 35.2 Å². The van der Waals surface area contributed by atoms with E-state index in [1.807, 2.05) is 31.2 Å². The topological polar surface area (TPSA) is 86.7 Å². The molecule has 2 N–H and O–H groups in total. The minimum atomic E-state index is -0.981. The maximum absolute atomic E-state index is 13.9. The van der Waals surface area contributed by atoms with E-state index >= 15 is 0 Å². The van der Waals surface area contributed by atoms with Crippen molar-refractivity contribution < 1.29 is 23.9 Å². The standard InChI is InChI=1S/C33H31FN2O4/c1-23-8-2-3-9-25(23)18-20-36(21-19-31(37)38)33(40)30-13-7-5-11-28(30)27-10-4-6-12-29(27)32(39)35-22-24-14-16-26(34)17-15-24/h2-17H,18-22H2,1H3,(H,35,39)(H,37,38). The van der Waals surface area contributed by atoms with E-state index in [4.69, 9.17) is 0 Å². The molecule has 0 aromatic heterocycles. The summed E-state index contributed by atoms with van der Waals surface area (Å²) in [5.41, 5.74) is 4.89. The van der Waals surface area contributed by atoms with Gasteiger partial charge in [-0.25, -0.2) is 4.39 Å². The largest absolute Gasteiger partial charge is 0.481 e. The number of carboxylic acids is 1. The summed E-state index contributed by atoms with van der Waals surface area (Å²) in [6.45, 7) is 2.64. The van der Waals surface area contributed by atoms with Crippen LogP contribution in [0.1, 0.15) is 43.8 Å². The van der Waals surface area contributed by atoms with Crippen molar-refractivity contribution in [1.82, 2.24) is 10.2 Å². The molecule has 0 atom stereocenters. The van der Waals surface area contributed by atoms with Crippen LogP contribution in [-0.4, -0.2) is 40.9 Å². The van der Waals surface area contributed by atoms with Crippen molar-refractivity contribution in [2.45, 2.75) is 26.3 Å². The molecular weight excluding hydrogens is 507 g/mol. The van der Waals surface area contributed by atoms with Crippen molar-refractivity contribution in [2.24, 2.45) is 0 Å². The minimum Gasteiger partial charge on any atom is -0.481 e. The summed E-state index contributed by atoms with van der Waals surface area (Å²) < 4.78 is 13.2. The normalized spacial score (nSPS) is 10.7. The fourth-order valence-corrected chi connectivity index (χ4v) is 4.56. The van der Waals surface area contributed by atoms with Crippen LogP contribution in [-0.2, 0) is 17.8 Å². The molecule has 40 heavy (non-hydrogen) atoms. The average Bonchev–Trinajstić information content (AvgIpc) is 2.97. The maximum Gasteiger partial charge on any atom is 0.305 e. The monoisotopic (exact) mass is 538 g/mol. The van der Waals surface area contributed by atoms with Crippen LogP contribution in [0.15, 0.2) is 97.1 Å². The Labute approximate surface area is 233 Å². The predicted molar refractivity (Wildman–Crippen MR) is 152 cm³/mol. The molecule has 2 amide bonds. The van der Waals surface area contributed by atoms with Crippen LogP contribution in [0.4, 0.5) is 4.39 Å². The zero-order valence-corrected chi connectivity index (χ0v) is 22.3. The van der Waals surface area contributed by atoms with Gasteiger partial charge in [-0.2, -0.15) is 0 Å². The number of benzene rings is 4. The van der Waals surface area contributed by atoms with E-state index < -0.39 is 5.97 Å². The van der Waals surface area contributed by atoms with Crippen LogP contribution < -0.4 is 5.32 Å². The van der Waals surface area contributed by atoms with E-state index in [-0.39, 0.29) is 37.1 Å². The van der Waals surface area contributed by atoms with Crippen LogP contribution in [0.3, 0.4) is 0 Å². The first-order valence-electron chi connectivity index (χ1n) is 13.1. The highest BCUT2D eigenvalue weighted by Crippen LogP contribution is 2.28. The first-order valence-corrected chi connectivity index (χ1v) is 13.1. The second kappa shape index (κ2) is 13.3. The number of aryl methyl sites for hydroxylation is 1. The number of carboxylic acid groups (broad SMARTS) is 1. The van der Waals surface area contributed by atoms with Gasteiger partial charge in [0.05, 0.1) is 6.42 Å². The molecule has 0 spiro atoms. The molecule has 0 radical (unpaired) electrons. The van der Waals surface area contributed by atoms with Crippen molar-refractivity contribution in [3.05, 3.63) is 131 Å². The fourth-order valence-electron chi connectivity index (χ4n) is 4.56. The third-order valence-corrected chi connectivity index (χ3v) is 6.78. The van der Waals surface area contributed by atoms with Gasteiger partial charge in [0.15, 0.2) is 0 Å². The summed E-state index contributed by atoms with van der Waals surface area (Å²) in [7, 11) is 0. The van der Waals surface area contributed by atoms with Gasteiger partial charge in [0.25, 0.3) is 11.8 Å².